The number of nitrogens with one attached hydrogen (secondary N) is 3. The molecule has 3 aromatic rings. The fourth-order valence-corrected chi connectivity index (χ4v) is 3.70. The molecule has 4 nitrogen and oxygen atoms in total. The zero-order valence-corrected chi connectivity index (χ0v) is 16.5. The summed E-state index contributed by atoms with van der Waals surface area (Å²) in [4.78, 5) is 13.0. The monoisotopic (exact) mass is 373 g/mol. The van der Waals surface area contributed by atoms with Crippen molar-refractivity contribution in [3.8, 4) is 0 Å². The van der Waals surface area contributed by atoms with Gasteiger partial charge in [0.1, 0.15) is 0 Å². The molecule has 144 valence electrons. The van der Waals surface area contributed by atoms with Gasteiger partial charge < -0.3 is 16.0 Å². The molecule has 0 saturated carbocycles. The molecule has 0 unspecified atom stereocenters. The van der Waals surface area contributed by atoms with Crippen LogP contribution in [0.5, 0.6) is 0 Å². The molecule has 28 heavy (non-hydrogen) atoms. The van der Waals surface area contributed by atoms with Gasteiger partial charge in [0.2, 0.25) is 0 Å². The van der Waals surface area contributed by atoms with E-state index in [-0.39, 0.29) is 11.9 Å². The van der Waals surface area contributed by atoms with Crippen LogP contribution in [0.2, 0.25) is 0 Å². The lowest BCUT2D eigenvalue weighted by atomic mass is 9.98. The molecule has 3 aromatic carbocycles. The third-order valence-electron chi connectivity index (χ3n) is 5.56. The Bertz CT molecular complexity index is 989. The summed E-state index contributed by atoms with van der Waals surface area (Å²) < 4.78 is 0. The highest BCUT2D eigenvalue weighted by Gasteiger charge is 2.17. The lowest BCUT2D eigenvalue weighted by Crippen LogP contribution is -2.54. The van der Waals surface area contributed by atoms with Gasteiger partial charge in [-0.3, -0.25) is 4.79 Å². The second kappa shape index (κ2) is 8.13. The summed E-state index contributed by atoms with van der Waals surface area (Å²) in [6.07, 6.45) is 0. The van der Waals surface area contributed by atoms with Crippen LogP contribution >= 0.6 is 0 Å². The Morgan fingerprint density at radius 1 is 1.11 bits per heavy atom. The van der Waals surface area contributed by atoms with Gasteiger partial charge in [-0.05, 0) is 47.4 Å². The van der Waals surface area contributed by atoms with Crippen molar-refractivity contribution < 1.29 is 4.79 Å². The first-order chi connectivity index (χ1) is 13.6. The highest BCUT2D eigenvalue weighted by molar-refractivity contribution is 5.96. The first kappa shape index (κ1) is 18.7. The summed E-state index contributed by atoms with van der Waals surface area (Å²) in [5.41, 5.74) is 4.02. The van der Waals surface area contributed by atoms with Crippen LogP contribution in [0.3, 0.4) is 0 Å². The molecule has 0 spiro atoms. The number of amides is 1. The van der Waals surface area contributed by atoms with E-state index in [9.17, 15) is 4.79 Å². The van der Waals surface area contributed by atoms with Crippen LogP contribution in [0.1, 0.15) is 40.0 Å². The fourth-order valence-electron chi connectivity index (χ4n) is 3.70. The van der Waals surface area contributed by atoms with E-state index in [4.69, 9.17) is 0 Å². The summed E-state index contributed by atoms with van der Waals surface area (Å²) in [6.45, 7) is 6.85. The van der Waals surface area contributed by atoms with Crippen LogP contribution < -0.4 is 16.0 Å². The van der Waals surface area contributed by atoms with E-state index < -0.39 is 0 Å². The smallest absolute Gasteiger partial charge is 0.252 e. The van der Waals surface area contributed by atoms with Gasteiger partial charge in [0.05, 0.1) is 6.04 Å². The van der Waals surface area contributed by atoms with Crippen LogP contribution in [0.25, 0.3) is 10.8 Å². The zero-order chi connectivity index (χ0) is 19.5. The van der Waals surface area contributed by atoms with E-state index in [1.165, 1.54) is 10.8 Å². The van der Waals surface area contributed by atoms with E-state index in [0.717, 1.165) is 41.9 Å². The molecule has 1 saturated heterocycles. The Labute approximate surface area is 166 Å². The Morgan fingerprint density at radius 3 is 2.68 bits per heavy atom. The van der Waals surface area contributed by atoms with E-state index >= 15 is 0 Å². The maximum absolute atomic E-state index is 13.0. The molecular formula is C24H27N3O. The maximum Gasteiger partial charge on any atom is 0.252 e. The van der Waals surface area contributed by atoms with Gasteiger partial charge in [-0.25, -0.2) is 0 Å². The Morgan fingerprint density at radius 2 is 1.89 bits per heavy atom. The van der Waals surface area contributed by atoms with Crippen molar-refractivity contribution in [3.05, 3.63) is 82.9 Å². The van der Waals surface area contributed by atoms with E-state index in [2.05, 4.69) is 46.3 Å². The maximum atomic E-state index is 13.0. The molecule has 1 heterocycles. The second-order valence-corrected chi connectivity index (χ2v) is 7.65. The number of rotatable bonds is 6. The molecule has 4 heteroatoms. The molecule has 4 rings (SSSR count). The molecule has 0 bridgehead atoms. The van der Waals surface area contributed by atoms with Crippen LogP contribution in [-0.4, -0.2) is 25.0 Å². The normalized spacial score (nSPS) is 15.2. The van der Waals surface area contributed by atoms with Crippen molar-refractivity contribution in [2.45, 2.75) is 32.5 Å². The van der Waals surface area contributed by atoms with Crippen LogP contribution in [-0.2, 0) is 6.54 Å². The molecule has 3 N–H and O–H groups in total. The lowest BCUT2D eigenvalue weighted by Gasteiger charge is -2.28. The minimum Gasteiger partial charge on any atom is -0.345 e. The van der Waals surface area contributed by atoms with Gasteiger partial charge >= 0.3 is 0 Å². The number of carbonyl (C=O) groups is 1. The SMILES string of the molecule is Cc1ccc(CNC2CNC2)cc1C(=O)N[C@H](C)c1cccc2ccccc12. The molecule has 1 atom stereocenters. The van der Waals surface area contributed by atoms with E-state index in [1.807, 2.05) is 44.2 Å². The summed E-state index contributed by atoms with van der Waals surface area (Å²) in [5, 5.41) is 12.3. The van der Waals surface area contributed by atoms with Crippen molar-refractivity contribution in [2.75, 3.05) is 13.1 Å². The first-order valence-corrected chi connectivity index (χ1v) is 9.94. The molecule has 1 aliphatic heterocycles. The van der Waals surface area contributed by atoms with Gasteiger partial charge in [0.15, 0.2) is 0 Å². The quantitative estimate of drug-likeness (QED) is 0.618. The molecule has 0 aromatic heterocycles. The molecule has 0 aliphatic carbocycles. The minimum absolute atomic E-state index is 0.0231. The molecule has 0 radical (unpaired) electrons. The zero-order valence-electron chi connectivity index (χ0n) is 16.5. The van der Waals surface area contributed by atoms with Crippen molar-refractivity contribution in [3.63, 3.8) is 0 Å². The van der Waals surface area contributed by atoms with Crippen molar-refractivity contribution in [2.24, 2.45) is 0 Å². The summed E-state index contributed by atoms with van der Waals surface area (Å²) in [5.74, 6) is -0.0231. The van der Waals surface area contributed by atoms with Gasteiger partial charge in [-0.2, -0.15) is 0 Å². The molecular weight excluding hydrogens is 346 g/mol. The lowest BCUT2D eigenvalue weighted by molar-refractivity contribution is 0.0939. The summed E-state index contributed by atoms with van der Waals surface area (Å²) in [7, 11) is 0. The van der Waals surface area contributed by atoms with Crippen LogP contribution in [0.4, 0.5) is 0 Å². The van der Waals surface area contributed by atoms with Crippen molar-refractivity contribution in [1.82, 2.24) is 16.0 Å². The number of benzene rings is 3. The van der Waals surface area contributed by atoms with Crippen molar-refractivity contribution in [1.29, 1.82) is 0 Å². The molecule has 1 aliphatic rings. The Kier molecular flexibility index (Phi) is 5.42. The third-order valence-corrected chi connectivity index (χ3v) is 5.56. The largest absolute Gasteiger partial charge is 0.345 e. The minimum atomic E-state index is -0.0687. The predicted molar refractivity (Wildman–Crippen MR) is 115 cm³/mol. The standard InChI is InChI=1S/C24H27N3O/c1-16-10-11-18(13-26-20-14-25-15-20)12-23(16)24(28)27-17(2)21-9-5-7-19-6-3-4-8-22(19)21/h3-12,17,20,25-26H,13-15H2,1-2H3,(H,27,28)/t17-/m1/s1. The third kappa shape index (κ3) is 3.93. The summed E-state index contributed by atoms with van der Waals surface area (Å²) in [6, 6.07) is 21.1. The van der Waals surface area contributed by atoms with E-state index in [0.29, 0.717) is 6.04 Å². The summed E-state index contributed by atoms with van der Waals surface area (Å²) >= 11 is 0. The number of hydrogen-bond donors (Lipinski definition) is 3. The van der Waals surface area contributed by atoms with Crippen LogP contribution in [0.15, 0.2) is 60.7 Å². The number of hydrogen-bond acceptors (Lipinski definition) is 3. The van der Waals surface area contributed by atoms with Crippen LogP contribution in [0, 0.1) is 6.92 Å². The van der Waals surface area contributed by atoms with Gasteiger partial charge in [-0.15, -0.1) is 0 Å². The number of fused-ring (bicyclic) bond motifs is 1. The Balaban J connectivity index is 1.50. The van der Waals surface area contributed by atoms with Gasteiger partial charge in [-0.1, -0.05) is 54.6 Å². The van der Waals surface area contributed by atoms with E-state index in [1.54, 1.807) is 0 Å². The van der Waals surface area contributed by atoms with Crippen molar-refractivity contribution >= 4 is 16.7 Å². The second-order valence-electron chi connectivity index (χ2n) is 7.65. The fraction of sp³-hybridized carbons (Fsp3) is 0.292. The highest BCUT2D eigenvalue weighted by atomic mass is 16.1. The number of aryl methyl sites for hydroxylation is 1. The molecule has 1 fully saturated rings. The molecule has 1 amide bonds. The van der Waals surface area contributed by atoms with Gasteiger partial charge in [0, 0.05) is 31.2 Å². The Hall–Kier alpha value is -2.69. The number of carbonyl (C=O) groups excluding carboxylic acids is 1. The highest BCUT2D eigenvalue weighted by Crippen LogP contribution is 2.24. The average molecular weight is 374 g/mol. The predicted octanol–water partition coefficient (Wildman–Crippen LogP) is 3.70. The average Bonchev–Trinajstić information content (AvgIpc) is 2.67. The first-order valence-electron chi connectivity index (χ1n) is 9.94. The topological polar surface area (TPSA) is 53.2 Å². The van der Waals surface area contributed by atoms with Gasteiger partial charge in [0.25, 0.3) is 5.91 Å².